The molecule has 0 aliphatic rings. The van der Waals surface area contributed by atoms with Crippen molar-refractivity contribution in [3.63, 3.8) is 0 Å². The van der Waals surface area contributed by atoms with E-state index in [4.69, 9.17) is 5.26 Å². The predicted molar refractivity (Wildman–Crippen MR) is 99.3 cm³/mol. The summed E-state index contributed by atoms with van der Waals surface area (Å²) in [6, 6.07) is 11.4. The van der Waals surface area contributed by atoms with E-state index < -0.39 is 22.4 Å². The second-order valence-electron chi connectivity index (χ2n) is 5.78. The number of anilines is 2. The lowest BCUT2D eigenvalue weighted by atomic mass is 10.1. The molecule has 10 heteroatoms. The Labute approximate surface area is 158 Å². The minimum absolute atomic E-state index is 0.151. The minimum atomic E-state index is -4.67. The van der Waals surface area contributed by atoms with E-state index in [0.717, 1.165) is 17.8 Å². The Bertz CT molecular complexity index is 905. The van der Waals surface area contributed by atoms with Gasteiger partial charge in [0.15, 0.2) is 0 Å². The summed E-state index contributed by atoms with van der Waals surface area (Å²) in [5.74, 6) is 0. The predicted octanol–water partition coefficient (Wildman–Crippen LogP) is 4.41. The number of hydrogen-bond acceptors (Lipinski definition) is 6. The summed E-state index contributed by atoms with van der Waals surface area (Å²) in [6.07, 6.45) is -2.88. The van der Waals surface area contributed by atoms with Gasteiger partial charge >= 0.3 is 6.18 Å². The Hall–Kier alpha value is -3.61. The molecule has 0 bridgehead atoms. The Morgan fingerprint density at radius 2 is 1.96 bits per heavy atom. The van der Waals surface area contributed by atoms with Crippen LogP contribution in [0.15, 0.2) is 47.6 Å². The van der Waals surface area contributed by atoms with Crippen LogP contribution in [0.3, 0.4) is 0 Å². The van der Waals surface area contributed by atoms with Crippen molar-refractivity contribution >= 4 is 23.3 Å². The number of nitrogens with one attached hydrogen (secondary N) is 1. The van der Waals surface area contributed by atoms with Gasteiger partial charge in [0.25, 0.3) is 5.69 Å². The van der Waals surface area contributed by atoms with Crippen LogP contribution in [-0.4, -0.2) is 24.7 Å². The third kappa shape index (κ3) is 5.44. The summed E-state index contributed by atoms with van der Waals surface area (Å²) >= 11 is 0. The van der Waals surface area contributed by atoms with E-state index in [1.807, 2.05) is 24.1 Å². The first-order valence-electron chi connectivity index (χ1n) is 8.05. The van der Waals surface area contributed by atoms with Gasteiger partial charge in [-0.15, -0.1) is 0 Å². The lowest BCUT2D eigenvalue weighted by molar-refractivity contribution is -0.384. The number of benzene rings is 2. The summed E-state index contributed by atoms with van der Waals surface area (Å²) in [7, 11) is 1.85. The fourth-order valence-corrected chi connectivity index (χ4v) is 2.29. The molecule has 2 aromatic carbocycles. The number of rotatable bonds is 7. The van der Waals surface area contributed by atoms with E-state index in [-0.39, 0.29) is 5.69 Å². The molecule has 0 heterocycles. The highest BCUT2D eigenvalue weighted by Crippen LogP contribution is 2.34. The molecule has 0 atom stereocenters. The first kappa shape index (κ1) is 20.7. The number of nitro groups is 1. The second-order valence-corrected chi connectivity index (χ2v) is 5.78. The fourth-order valence-electron chi connectivity index (χ4n) is 2.29. The largest absolute Gasteiger partial charge is 0.416 e. The molecule has 146 valence electrons. The van der Waals surface area contributed by atoms with Crippen molar-refractivity contribution in [2.75, 3.05) is 23.9 Å². The van der Waals surface area contributed by atoms with Gasteiger partial charge in [-0.25, -0.2) is 0 Å². The molecule has 0 aliphatic heterocycles. The third-order valence-electron chi connectivity index (χ3n) is 3.81. The molecule has 0 aromatic heterocycles. The lowest BCUT2D eigenvalue weighted by Gasteiger charge is -2.17. The van der Waals surface area contributed by atoms with E-state index in [1.54, 1.807) is 12.1 Å². The molecule has 0 radical (unpaired) electrons. The molecule has 0 aliphatic carbocycles. The van der Waals surface area contributed by atoms with Crippen LogP contribution in [0, 0.1) is 21.4 Å². The Morgan fingerprint density at radius 3 is 2.54 bits per heavy atom. The number of nitro benzene ring substituents is 1. The molecule has 0 saturated heterocycles. The van der Waals surface area contributed by atoms with Crippen LogP contribution >= 0.6 is 0 Å². The average Bonchev–Trinajstić information content (AvgIpc) is 2.65. The van der Waals surface area contributed by atoms with Crippen molar-refractivity contribution in [3.8, 4) is 6.07 Å². The zero-order valence-corrected chi connectivity index (χ0v) is 14.8. The topological polar surface area (TPSA) is 94.6 Å². The fraction of sp³-hybridized carbons (Fsp3) is 0.222. The summed E-state index contributed by atoms with van der Waals surface area (Å²) < 4.78 is 38.1. The number of alkyl halides is 3. The molecule has 2 aromatic rings. The second kappa shape index (κ2) is 8.85. The smallest absolute Gasteiger partial charge is 0.374 e. The molecule has 2 rings (SSSR count). The van der Waals surface area contributed by atoms with Gasteiger partial charge in [-0.05, 0) is 29.8 Å². The van der Waals surface area contributed by atoms with Crippen LogP contribution in [0.4, 0.5) is 30.2 Å². The minimum Gasteiger partial charge on any atom is -0.374 e. The SMILES string of the molecule is CN(CCC#N)c1ccc(/C=N\Nc2ccc(C(F)(F)F)cc2[N+](=O)[O-])cc1. The maximum Gasteiger partial charge on any atom is 0.416 e. The van der Waals surface area contributed by atoms with Crippen molar-refractivity contribution < 1.29 is 18.1 Å². The summed E-state index contributed by atoms with van der Waals surface area (Å²) in [6.45, 7) is 0.586. The van der Waals surface area contributed by atoms with Gasteiger partial charge in [-0.2, -0.15) is 23.5 Å². The van der Waals surface area contributed by atoms with Crippen molar-refractivity contribution in [1.82, 2.24) is 0 Å². The molecule has 0 unspecified atom stereocenters. The normalized spacial score (nSPS) is 11.2. The van der Waals surface area contributed by atoms with Crippen LogP contribution < -0.4 is 10.3 Å². The summed E-state index contributed by atoms with van der Waals surface area (Å²) in [5, 5.41) is 23.5. The van der Waals surface area contributed by atoms with Crippen LogP contribution in [0.1, 0.15) is 17.5 Å². The van der Waals surface area contributed by atoms with E-state index in [1.165, 1.54) is 6.21 Å². The van der Waals surface area contributed by atoms with Gasteiger partial charge in [0.2, 0.25) is 0 Å². The first-order chi connectivity index (χ1) is 13.2. The van der Waals surface area contributed by atoms with Gasteiger partial charge in [0, 0.05) is 25.3 Å². The first-order valence-corrected chi connectivity index (χ1v) is 8.05. The number of nitriles is 1. The van der Waals surface area contributed by atoms with Crippen LogP contribution in [0.5, 0.6) is 0 Å². The van der Waals surface area contributed by atoms with Crippen molar-refractivity contribution in [1.29, 1.82) is 5.26 Å². The molecule has 0 saturated carbocycles. The summed E-state index contributed by atoms with van der Waals surface area (Å²) in [5.41, 5.74) is 2.00. The third-order valence-corrected chi connectivity index (χ3v) is 3.81. The maximum absolute atomic E-state index is 12.7. The van der Waals surface area contributed by atoms with Crippen molar-refractivity contribution in [2.45, 2.75) is 12.6 Å². The maximum atomic E-state index is 12.7. The van der Waals surface area contributed by atoms with E-state index in [0.29, 0.717) is 24.6 Å². The highest BCUT2D eigenvalue weighted by molar-refractivity contribution is 5.81. The van der Waals surface area contributed by atoms with Gasteiger partial charge in [0.05, 0.1) is 29.2 Å². The molecular weight excluding hydrogens is 375 g/mol. The lowest BCUT2D eigenvalue weighted by Crippen LogP contribution is -2.17. The highest BCUT2D eigenvalue weighted by Gasteiger charge is 2.33. The average molecular weight is 391 g/mol. The highest BCUT2D eigenvalue weighted by atomic mass is 19.4. The standard InChI is InChI=1S/C18H16F3N5O2/c1-25(10-2-9-22)15-6-3-13(4-7-15)12-23-24-16-8-5-14(18(19,20)21)11-17(16)26(27)28/h3-8,11-12,24H,2,10H2,1H3/b23-12-. The van der Waals surface area contributed by atoms with Gasteiger partial charge in [-0.3, -0.25) is 15.5 Å². The Balaban J connectivity index is 2.10. The van der Waals surface area contributed by atoms with Crippen LogP contribution in [0.25, 0.3) is 0 Å². The monoisotopic (exact) mass is 391 g/mol. The number of hydrazone groups is 1. The molecule has 0 fully saturated rings. The van der Waals surface area contributed by atoms with E-state index in [9.17, 15) is 23.3 Å². The molecule has 0 amide bonds. The molecule has 28 heavy (non-hydrogen) atoms. The quantitative estimate of drug-likeness (QED) is 0.429. The number of halogens is 3. The van der Waals surface area contributed by atoms with Gasteiger partial charge < -0.3 is 4.90 Å². The molecular formula is C18H16F3N5O2. The number of nitrogens with zero attached hydrogens (tertiary/aromatic N) is 4. The van der Waals surface area contributed by atoms with E-state index >= 15 is 0 Å². The molecule has 1 N–H and O–H groups in total. The zero-order chi connectivity index (χ0) is 20.7. The zero-order valence-electron chi connectivity index (χ0n) is 14.8. The van der Waals surface area contributed by atoms with Gasteiger partial charge in [-0.1, -0.05) is 12.1 Å². The Kier molecular flexibility index (Phi) is 6.55. The van der Waals surface area contributed by atoms with Crippen molar-refractivity contribution in [3.05, 3.63) is 63.7 Å². The van der Waals surface area contributed by atoms with Crippen molar-refractivity contribution in [2.24, 2.45) is 5.10 Å². The Morgan fingerprint density at radius 1 is 1.29 bits per heavy atom. The van der Waals surface area contributed by atoms with Crippen LogP contribution in [0.2, 0.25) is 0 Å². The van der Waals surface area contributed by atoms with Crippen LogP contribution in [-0.2, 0) is 6.18 Å². The van der Waals surface area contributed by atoms with Gasteiger partial charge in [0.1, 0.15) is 5.69 Å². The summed E-state index contributed by atoms with van der Waals surface area (Å²) in [4.78, 5) is 12.0. The van der Waals surface area contributed by atoms with E-state index in [2.05, 4.69) is 16.6 Å². The number of hydrogen-bond donors (Lipinski definition) is 1. The molecule has 7 nitrogen and oxygen atoms in total. The molecule has 0 spiro atoms.